The first-order valence-electron chi connectivity index (χ1n) is 7.84. The van der Waals surface area contributed by atoms with Crippen LogP contribution in [-0.2, 0) is 4.74 Å². The fourth-order valence-electron chi connectivity index (χ4n) is 3.85. The molecule has 1 aromatic carbocycles. The van der Waals surface area contributed by atoms with Gasteiger partial charge in [-0.3, -0.25) is 0 Å². The topological polar surface area (TPSA) is 50.4 Å². The molecule has 0 spiro atoms. The highest BCUT2D eigenvalue weighted by atomic mass is 32.1. The van der Waals surface area contributed by atoms with Crippen LogP contribution in [0.2, 0.25) is 0 Å². The average molecular weight is 318 g/mol. The summed E-state index contributed by atoms with van der Waals surface area (Å²) < 4.78 is 4.80. The fourth-order valence-corrected chi connectivity index (χ4v) is 4.11. The van der Waals surface area contributed by atoms with Crippen molar-refractivity contribution in [3.8, 4) is 0 Å². The standard InChI is InChI=1S/C17H22N2O2S/c1-10-13(16(20)21-2)4-3-5-14(10)18-17(22)19-15-9-11-6-7-12(15)8-11/h3-5,11-12,15H,6-9H2,1-2H3,(H2,18,19,22)/t11-,12-,15+/m0/s1. The maximum atomic E-state index is 11.7. The lowest BCUT2D eigenvalue weighted by Crippen LogP contribution is -2.40. The Bertz CT molecular complexity index is 602. The third kappa shape index (κ3) is 2.95. The average Bonchev–Trinajstić information content (AvgIpc) is 3.11. The maximum absolute atomic E-state index is 11.7. The van der Waals surface area contributed by atoms with Crippen molar-refractivity contribution >= 4 is 29.0 Å². The van der Waals surface area contributed by atoms with Crippen molar-refractivity contribution in [1.29, 1.82) is 0 Å². The Labute approximate surface area is 136 Å². The highest BCUT2D eigenvalue weighted by Gasteiger charge is 2.39. The molecule has 0 aromatic heterocycles. The maximum Gasteiger partial charge on any atom is 0.338 e. The van der Waals surface area contributed by atoms with Crippen LogP contribution in [0.25, 0.3) is 0 Å². The molecular weight excluding hydrogens is 296 g/mol. The van der Waals surface area contributed by atoms with E-state index in [2.05, 4.69) is 10.6 Å². The normalized spacial score (nSPS) is 25.8. The Morgan fingerprint density at radius 3 is 2.77 bits per heavy atom. The molecule has 0 unspecified atom stereocenters. The van der Waals surface area contributed by atoms with Gasteiger partial charge in [-0.15, -0.1) is 0 Å². The zero-order valence-corrected chi connectivity index (χ0v) is 13.8. The molecule has 2 aliphatic rings. The minimum absolute atomic E-state index is 0.326. The van der Waals surface area contributed by atoms with Gasteiger partial charge < -0.3 is 15.4 Å². The van der Waals surface area contributed by atoms with Gasteiger partial charge >= 0.3 is 5.97 Å². The Morgan fingerprint density at radius 2 is 2.14 bits per heavy atom. The van der Waals surface area contributed by atoms with E-state index < -0.39 is 0 Å². The number of hydrogen-bond acceptors (Lipinski definition) is 3. The largest absolute Gasteiger partial charge is 0.465 e. The highest BCUT2D eigenvalue weighted by molar-refractivity contribution is 7.80. The Kier molecular flexibility index (Phi) is 4.34. The number of benzene rings is 1. The molecular formula is C17H22N2O2S. The minimum atomic E-state index is -0.326. The first-order chi connectivity index (χ1) is 10.6. The number of carbonyl (C=O) groups is 1. The van der Waals surface area contributed by atoms with Gasteiger partial charge in [0.25, 0.3) is 0 Å². The monoisotopic (exact) mass is 318 g/mol. The third-order valence-electron chi connectivity index (χ3n) is 5.04. The van der Waals surface area contributed by atoms with Crippen LogP contribution < -0.4 is 10.6 Å². The van der Waals surface area contributed by atoms with Gasteiger partial charge in [0.1, 0.15) is 0 Å². The number of ether oxygens (including phenoxy) is 1. The van der Waals surface area contributed by atoms with Crippen molar-refractivity contribution in [3.63, 3.8) is 0 Å². The fraction of sp³-hybridized carbons (Fsp3) is 0.529. The quantitative estimate of drug-likeness (QED) is 0.662. The number of fused-ring (bicyclic) bond motifs is 2. The van der Waals surface area contributed by atoms with Crippen molar-refractivity contribution in [2.75, 3.05) is 12.4 Å². The second kappa shape index (κ2) is 6.24. The van der Waals surface area contributed by atoms with Gasteiger partial charge in [-0.05, 0) is 67.9 Å². The molecule has 4 nitrogen and oxygen atoms in total. The lowest BCUT2D eigenvalue weighted by atomic mass is 9.95. The van der Waals surface area contributed by atoms with Crippen molar-refractivity contribution < 1.29 is 9.53 Å². The molecule has 2 N–H and O–H groups in total. The van der Waals surface area contributed by atoms with Gasteiger partial charge in [0.2, 0.25) is 0 Å². The van der Waals surface area contributed by atoms with Crippen LogP contribution in [0.4, 0.5) is 5.69 Å². The number of anilines is 1. The second-order valence-corrected chi connectivity index (χ2v) is 6.76. The predicted molar refractivity (Wildman–Crippen MR) is 91.1 cm³/mol. The Morgan fingerprint density at radius 1 is 1.32 bits per heavy atom. The number of nitrogens with one attached hydrogen (secondary N) is 2. The van der Waals surface area contributed by atoms with Crippen LogP contribution in [0.1, 0.15) is 41.6 Å². The summed E-state index contributed by atoms with van der Waals surface area (Å²) in [5.74, 6) is 1.33. The number of esters is 1. The summed E-state index contributed by atoms with van der Waals surface area (Å²) in [5.41, 5.74) is 2.27. The molecule has 2 bridgehead atoms. The lowest BCUT2D eigenvalue weighted by Gasteiger charge is -2.25. The second-order valence-electron chi connectivity index (χ2n) is 6.35. The van der Waals surface area contributed by atoms with E-state index in [0.717, 1.165) is 23.1 Å². The van der Waals surface area contributed by atoms with E-state index in [4.69, 9.17) is 17.0 Å². The van der Waals surface area contributed by atoms with Crippen molar-refractivity contribution in [1.82, 2.24) is 5.32 Å². The summed E-state index contributed by atoms with van der Waals surface area (Å²) in [6, 6.07) is 6.03. The van der Waals surface area contributed by atoms with Crippen LogP contribution in [-0.4, -0.2) is 24.2 Å². The lowest BCUT2D eigenvalue weighted by molar-refractivity contribution is 0.0600. The Balaban J connectivity index is 1.65. The third-order valence-corrected chi connectivity index (χ3v) is 5.26. The first-order valence-corrected chi connectivity index (χ1v) is 8.24. The zero-order valence-electron chi connectivity index (χ0n) is 13.0. The molecule has 0 amide bonds. The van der Waals surface area contributed by atoms with Gasteiger partial charge in [0.05, 0.1) is 12.7 Å². The van der Waals surface area contributed by atoms with Crippen LogP contribution in [0, 0.1) is 18.8 Å². The van der Waals surface area contributed by atoms with Crippen molar-refractivity contribution in [2.24, 2.45) is 11.8 Å². The van der Waals surface area contributed by atoms with Gasteiger partial charge in [-0.25, -0.2) is 4.79 Å². The Hall–Kier alpha value is -1.62. The van der Waals surface area contributed by atoms with Crippen LogP contribution in [0.5, 0.6) is 0 Å². The zero-order chi connectivity index (χ0) is 15.7. The van der Waals surface area contributed by atoms with Gasteiger partial charge in [-0.2, -0.15) is 0 Å². The molecule has 0 saturated heterocycles. The molecule has 2 saturated carbocycles. The predicted octanol–water partition coefficient (Wildman–Crippen LogP) is 3.26. The molecule has 22 heavy (non-hydrogen) atoms. The van der Waals surface area contributed by atoms with Crippen LogP contribution in [0.15, 0.2) is 18.2 Å². The van der Waals surface area contributed by atoms with E-state index in [9.17, 15) is 4.79 Å². The van der Waals surface area contributed by atoms with Gasteiger partial charge in [0.15, 0.2) is 5.11 Å². The molecule has 3 atom stereocenters. The molecule has 2 fully saturated rings. The summed E-state index contributed by atoms with van der Waals surface area (Å²) >= 11 is 5.45. The molecule has 2 aliphatic carbocycles. The van der Waals surface area contributed by atoms with E-state index in [0.29, 0.717) is 16.7 Å². The summed E-state index contributed by atoms with van der Waals surface area (Å²) in [6.45, 7) is 1.90. The van der Waals surface area contributed by atoms with E-state index >= 15 is 0 Å². The van der Waals surface area contributed by atoms with Crippen molar-refractivity contribution in [2.45, 2.75) is 38.6 Å². The number of hydrogen-bond donors (Lipinski definition) is 2. The summed E-state index contributed by atoms with van der Waals surface area (Å²) in [7, 11) is 1.39. The molecule has 3 rings (SSSR count). The highest BCUT2D eigenvalue weighted by Crippen LogP contribution is 2.44. The first kappa shape index (κ1) is 15.3. The molecule has 5 heteroatoms. The van der Waals surface area contributed by atoms with Crippen molar-refractivity contribution in [3.05, 3.63) is 29.3 Å². The van der Waals surface area contributed by atoms with E-state index in [1.807, 2.05) is 19.1 Å². The summed E-state index contributed by atoms with van der Waals surface area (Å²) in [5, 5.41) is 7.32. The minimum Gasteiger partial charge on any atom is -0.465 e. The van der Waals surface area contributed by atoms with Gasteiger partial charge in [-0.1, -0.05) is 12.5 Å². The number of thiocarbonyl (C=S) groups is 1. The molecule has 0 heterocycles. The SMILES string of the molecule is COC(=O)c1cccc(NC(=S)N[C@@H]2C[C@H]3CC[C@H]2C3)c1C. The molecule has 0 radical (unpaired) electrons. The summed E-state index contributed by atoms with van der Waals surface area (Å²) in [4.78, 5) is 11.7. The van der Waals surface area contributed by atoms with Gasteiger partial charge in [0, 0.05) is 11.7 Å². The van der Waals surface area contributed by atoms with E-state index in [-0.39, 0.29) is 5.97 Å². The number of methoxy groups -OCH3 is 1. The van der Waals surface area contributed by atoms with E-state index in [1.54, 1.807) is 6.07 Å². The van der Waals surface area contributed by atoms with E-state index in [1.165, 1.54) is 32.8 Å². The van der Waals surface area contributed by atoms with Crippen LogP contribution >= 0.6 is 12.2 Å². The molecule has 1 aromatic rings. The number of rotatable bonds is 3. The molecule has 0 aliphatic heterocycles. The van der Waals surface area contributed by atoms with Crippen LogP contribution in [0.3, 0.4) is 0 Å². The number of carbonyl (C=O) groups excluding carboxylic acids is 1. The smallest absolute Gasteiger partial charge is 0.338 e. The molecule has 118 valence electrons. The summed E-state index contributed by atoms with van der Waals surface area (Å²) in [6.07, 6.45) is 5.27.